The molecule has 0 aliphatic heterocycles. The van der Waals surface area contributed by atoms with Gasteiger partial charge in [0.05, 0.1) is 15.8 Å². The summed E-state index contributed by atoms with van der Waals surface area (Å²) in [5.74, 6) is 0.0708. The summed E-state index contributed by atoms with van der Waals surface area (Å²) in [5.41, 5.74) is 0.964. The Morgan fingerprint density at radius 1 is 1.22 bits per heavy atom. The van der Waals surface area contributed by atoms with Gasteiger partial charge in [-0.15, -0.1) is 0 Å². The molecule has 0 spiro atoms. The van der Waals surface area contributed by atoms with Crippen LogP contribution in [0.4, 0.5) is 0 Å². The lowest BCUT2D eigenvalue weighted by Crippen LogP contribution is -2.30. The van der Waals surface area contributed by atoms with Crippen molar-refractivity contribution in [2.45, 2.75) is 6.54 Å². The molecule has 0 radical (unpaired) electrons. The Bertz CT molecular complexity index is 504. The first-order chi connectivity index (χ1) is 8.33. The minimum Gasteiger partial charge on any atom is -0.312 e. The topological polar surface area (TPSA) is 49.4 Å². The van der Waals surface area contributed by atoms with Gasteiger partial charge >= 0.3 is 0 Å². The molecule has 18 heavy (non-hydrogen) atoms. The van der Waals surface area contributed by atoms with Gasteiger partial charge in [0.1, 0.15) is 0 Å². The Labute approximate surface area is 118 Å². The van der Waals surface area contributed by atoms with Crippen LogP contribution in [0.3, 0.4) is 0 Å². The Hall–Kier alpha value is -0.330. The van der Waals surface area contributed by atoms with Gasteiger partial charge in [-0.25, -0.2) is 12.7 Å². The van der Waals surface area contributed by atoms with Crippen LogP contribution in [-0.4, -0.2) is 39.1 Å². The van der Waals surface area contributed by atoms with Gasteiger partial charge in [0, 0.05) is 27.2 Å². The number of benzene rings is 1. The van der Waals surface area contributed by atoms with E-state index in [1.807, 2.05) is 6.07 Å². The number of nitrogens with zero attached hydrogens (tertiary/aromatic N) is 1. The van der Waals surface area contributed by atoms with Crippen molar-refractivity contribution in [2.75, 3.05) is 26.4 Å². The lowest BCUT2D eigenvalue weighted by molar-refractivity contribution is 0.517. The van der Waals surface area contributed by atoms with Crippen LogP contribution in [0.1, 0.15) is 5.56 Å². The first-order valence-electron chi connectivity index (χ1n) is 5.38. The van der Waals surface area contributed by atoms with Crippen LogP contribution < -0.4 is 5.32 Å². The smallest absolute Gasteiger partial charge is 0.214 e. The molecule has 7 heteroatoms. The molecule has 1 aromatic carbocycles. The number of rotatable bonds is 6. The highest BCUT2D eigenvalue weighted by Gasteiger charge is 2.12. The SMILES string of the molecule is CN(C)S(=O)(=O)CCNCc1ccc(Cl)c(Cl)c1. The number of halogens is 2. The third-order valence-electron chi connectivity index (χ3n) is 2.41. The van der Waals surface area contributed by atoms with Crippen molar-refractivity contribution in [3.8, 4) is 0 Å². The average molecular weight is 311 g/mol. The molecular weight excluding hydrogens is 295 g/mol. The second-order valence-corrected chi connectivity index (χ2v) is 7.14. The van der Waals surface area contributed by atoms with Gasteiger partial charge in [0.25, 0.3) is 0 Å². The van der Waals surface area contributed by atoms with Crippen molar-refractivity contribution in [3.63, 3.8) is 0 Å². The van der Waals surface area contributed by atoms with Crippen LogP contribution in [0.15, 0.2) is 18.2 Å². The predicted molar refractivity (Wildman–Crippen MR) is 75.6 cm³/mol. The fraction of sp³-hybridized carbons (Fsp3) is 0.455. The molecule has 0 aliphatic carbocycles. The molecule has 0 aromatic heterocycles. The van der Waals surface area contributed by atoms with Crippen LogP contribution in [0.25, 0.3) is 0 Å². The molecule has 0 heterocycles. The summed E-state index contributed by atoms with van der Waals surface area (Å²) >= 11 is 11.7. The van der Waals surface area contributed by atoms with E-state index in [-0.39, 0.29) is 5.75 Å². The Kier molecular flexibility index (Phi) is 5.88. The zero-order chi connectivity index (χ0) is 13.8. The summed E-state index contributed by atoms with van der Waals surface area (Å²) in [4.78, 5) is 0. The van der Waals surface area contributed by atoms with Crippen molar-refractivity contribution < 1.29 is 8.42 Å². The molecule has 0 amide bonds. The van der Waals surface area contributed by atoms with E-state index < -0.39 is 10.0 Å². The van der Waals surface area contributed by atoms with Crippen molar-refractivity contribution in [3.05, 3.63) is 33.8 Å². The molecule has 1 N–H and O–H groups in total. The molecule has 4 nitrogen and oxygen atoms in total. The molecule has 0 unspecified atom stereocenters. The van der Waals surface area contributed by atoms with Crippen LogP contribution in [0.5, 0.6) is 0 Å². The molecular formula is C11H16Cl2N2O2S. The van der Waals surface area contributed by atoms with E-state index in [4.69, 9.17) is 23.2 Å². The summed E-state index contributed by atoms with van der Waals surface area (Å²) in [7, 11) is -0.0996. The molecule has 1 rings (SSSR count). The second-order valence-electron chi connectivity index (χ2n) is 4.02. The fourth-order valence-corrected chi connectivity index (χ4v) is 2.35. The predicted octanol–water partition coefficient (Wildman–Crippen LogP) is 1.97. The van der Waals surface area contributed by atoms with Gasteiger partial charge in [-0.2, -0.15) is 0 Å². The zero-order valence-corrected chi connectivity index (χ0v) is 12.6. The van der Waals surface area contributed by atoms with E-state index in [2.05, 4.69) is 5.32 Å². The van der Waals surface area contributed by atoms with Crippen molar-refractivity contribution in [1.29, 1.82) is 0 Å². The van der Waals surface area contributed by atoms with Gasteiger partial charge < -0.3 is 5.32 Å². The summed E-state index contributed by atoms with van der Waals surface area (Å²) in [5, 5.41) is 4.06. The molecule has 1 aromatic rings. The molecule has 0 fully saturated rings. The highest BCUT2D eigenvalue weighted by Crippen LogP contribution is 2.22. The lowest BCUT2D eigenvalue weighted by atomic mass is 10.2. The summed E-state index contributed by atoms with van der Waals surface area (Å²) < 4.78 is 24.2. The monoisotopic (exact) mass is 310 g/mol. The standard InChI is InChI=1S/C11H16Cl2N2O2S/c1-15(2)18(16,17)6-5-14-8-9-3-4-10(12)11(13)7-9/h3-4,7,14H,5-6,8H2,1-2H3. The summed E-state index contributed by atoms with van der Waals surface area (Å²) in [6.07, 6.45) is 0. The highest BCUT2D eigenvalue weighted by atomic mass is 35.5. The Morgan fingerprint density at radius 2 is 1.89 bits per heavy atom. The second kappa shape index (κ2) is 6.73. The number of hydrogen-bond acceptors (Lipinski definition) is 3. The molecule has 0 bridgehead atoms. The quantitative estimate of drug-likeness (QED) is 0.817. The van der Waals surface area contributed by atoms with E-state index in [1.54, 1.807) is 12.1 Å². The van der Waals surface area contributed by atoms with E-state index in [1.165, 1.54) is 18.4 Å². The van der Waals surface area contributed by atoms with Crippen LogP contribution in [-0.2, 0) is 16.6 Å². The number of sulfonamides is 1. The maximum Gasteiger partial charge on any atom is 0.214 e. The van der Waals surface area contributed by atoms with Crippen LogP contribution in [0, 0.1) is 0 Å². The molecule has 102 valence electrons. The van der Waals surface area contributed by atoms with Crippen LogP contribution >= 0.6 is 23.2 Å². The minimum atomic E-state index is -3.14. The van der Waals surface area contributed by atoms with Crippen molar-refractivity contribution in [1.82, 2.24) is 9.62 Å². The third kappa shape index (κ3) is 4.74. The lowest BCUT2D eigenvalue weighted by Gasteiger charge is -2.11. The number of nitrogens with one attached hydrogen (secondary N) is 1. The maximum atomic E-state index is 11.5. The molecule has 0 saturated carbocycles. The zero-order valence-electron chi connectivity index (χ0n) is 10.3. The van der Waals surface area contributed by atoms with E-state index in [0.717, 1.165) is 5.56 Å². The fourth-order valence-electron chi connectivity index (χ4n) is 1.27. The van der Waals surface area contributed by atoms with Crippen LogP contribution in [0.2, 0.25) is 10.0 Å². The average Bonchev–Trinajstić information content (AvgIpc) is 2.29. The van der Waals surface area contributed by atoms with Gasteiger partial charge in [0.2, 0.25) is 10.0 Å². The maximum absolute atomic E-state index is 11.5. The van der Waals surface area contributed by atoms with Gasteiger partial charge in [0.15, 0.2) is 0 Å². The first-order valence-corrected chi connectivity index (χ1v) is 7.74. The third-order valence-corrected chi connectivity index (χ3v) is 4.98. The number of hydrogen-bond donors (Lipinski definition) is 1. The van der Waals surface area contributed by atoms with Crippen molar-refractivity contribution in [2.24, 2.45) is 0 Å². The largest absolute Gasteiger partial charge is 0.312 e. The van der Waals surface area contributed by atoms with Gasteiger partial charge in [-0.3, -0.25) is 0 Å². The molecule has 0 aliphatic rings. The Balaban J connectivity index is 2.41. The summed E-state index contributed by atoms with van der Waals surface area (Å²) in [6.45, 7) is 0.945. The Morgan fingerprint density at radius 3 is 2.44 bits per heavy atom. The van der Waals surface area contributed by atoms with Gasteiger partial charge in [-0.1, -0.05) is 29.3 Å². The van der Waals surface area contributed by atoms with Gasteiger partial charge in [-0.05, 0) is 17.7 Å². The first kappa shape index (κ1) is 15.7. The normalized spacial score (nSPS) is 12.1. The summed E-state index contributed by atoms with van der Waals surface area (Å²) in [6, 6.07) is 5.33. The van der Waals surface area contributed by atoms with E-state index in [0.29, 0.717) is 23.1 Å². The molecule has 0 saturated heterocycles. The van der Waals surface area contributed by atoms with E-state index >= 15 is 0 Å². The minimum absolute atomic E-state index is 0.0708. The highest BCUT2D eigenvalue weighted by molar-refractivity contribution is 7.89. The molecule has 0 atom stereocenters. The van der Waals surface area contributed by atoms with Crippen molar-refractivity contribution >= 4 is 33.2 Å². The van der Waals surface area contributed by atoms with E-state index in [9.17, 15) is 8.42 Å².